The van der Waals surface area contributed by atoms with Crippen molar-refractivity contribution in [3.05, 3.63) is 48.0 Å². The molecule has 17 heavy (non-hydrogen) atoms. The lowest BCUT2D eigenvalue weighted by molar-refractivity contribution is 0.100. The number of nitrogens with one attached hydrogen (secondary N) is 1. The van der Waals surface area contributed by atoms with Crippen molar-refractivity contribution >= 4 is 11.6 Å². The molecule has 0 aliphatic carbocycles. The Labute approximate surface area is 99.3 Å². The molecule has 0 unspecified atom stereocenters. The minimum absolute atomic E-state index is 0.437. The predicted octanol–water partition coefficient (Wildman–Crippen LogP) is 1.13. The van der Waals surface area contributed by atoms with Gasteiger partial charge in [-0.25, -0.2) is 4.98 Å². The Balaban J connectivity index is 2.14. The number of carbonyl (C=O) groups excluding carboxylic acids is 1. The maximum Gasteiger partial charge on any atom is 0.250 e. The van der Waals surface area contributed by atoms with Gasteiger partial charge < -0.3 is 15.6 Å². The molecule has 88 valence electrons. The average Bonchev–Trinajstić information content (AvgIpc) is 2.72. The molecule has 3 N–H and O–H groups in total. The van der Waals surface area contributed by atoms with Gasteiger partial charge in [0.05, 0.1) is 12.1 Å². The van der Waals surface area contributed by atoms with Crippen LogP contribution in [-0.2, 0) is 13.6 Å². The van der Waals surface area contributed by atoms with Gasteiger partial charge in [-0.3, -0.25) is 4.79 Å². The van der Waals surface area contributed by atoms with Crippen LogP contribution < -0.4 is 11.1 Å². The predicted molar refractivity (Wildman–Crippen MR) is 65.5 cm³/mol. The number of hydrogen-bond donors (Lipinski definition) is 2. The van der Waals surface area contributed by atoms with Gasteiger partial charge in [0.1, 0.15) is 5.82 Å². The largest absolute Gasteiger partial charge is 0.377 e. The van der Waals surface area contributed by atoms with Gasteiger partial charge in [0.25, 0.3) is 5.91 Å². The molecular weight excluding hydrogens is 216 g/mol. The summed E-state index contributed by atoms with van der Waals surface area (Å²) >= 11 is 0. The van der Waals surface area contributed by atoms with Crippen LogP contribution in [0.3, 0.4) is 0 Å². The quantitative estimate of drug-likeness (QED) is 0.827. The number of aryl methyl sites for hydroxylation is 1. The summed E-state index contributed by atoms with van der Waals surface area (Å²) < 4.78 is 1.92. The standard InChI is InChI=1S/C12H14N4O/c1-16-7-6-14-11(16)8-15-10-5-3-2-4-9(10)12(13)17/h2-7,15H,8H2,1H3,(H2,13,17). The zero-order valence-electron chi connectivity index (χ0n) is 9.55. The molecule has 0 aliphatic heterocycles. The lowest BCUT2D eigenvalue weighted by Gasteiger charge is -2.09. The Morgan fingerprint density at radius 3 is 2.88 bits per heavy atom. The maximum absolute atomic E-state index is 11.2. The van der Waals surface area contributed by atoms with Crippen LogP contribution in [0.2, 0.25) is 0 Å². The van der Waals surface area contributed by atoms with E-state index < -0.39 is 5.91 Å². The van der Waals surface area contributed by atoms with Crippen molar-refractivity contribution in [2.75, 3.05) is 5.32 Å². The lowest BCUT2D eigenvalue weighted by atomic mass is 10.1. The van der Waals surface area contributed by atoms with Gasteiger partial charge in [0.2, 0.25) is 0 Å². The second-order valence-electron chi connectivity index (χ2n) is 3.72. The van der Waals surface area contributed by atoms with E-state index in [1.165, 1.54) is 0 Å². The van der Waals surface area contributed by atoms with Gasteiger partial charge in [-0.2, -0.15) is 0 Å². The normalized spacial score (nSPS) is 10.2. The minimum atomic E-state index is -0.437. The average molecular weight is 230 g/mol. The van der Waals surface area contributed by atoms with Gasteiger partial charge in [0, 0.05) is 25.1 Å². The first-order valence-electron chi connectivity index (χ1n) is 5.27. The van der Waals surface area contributed by atoms with Gasteiger partial charge in [-0.05, 0) is 12.1 Å². The lowest BCUT2D eigenvalue weighted by Crippen LogP contribution is -2.15. The molecule has 5 nitrogen and oxygen atoms in total. The molecule has 1 heterocycles. The van der Waals surface area contributed by atoms with Crippen LogP contribution in [0.4, 0.5) is 5.69 Å². The molecule has 1 aromatic heterocycles. The van der Waals surface area contributed by atoms with E-state index in [-0.39, 0.29) is 0 Å². The molecular formula is C12H14N4O. The Bertz CT molecular complexity index is 533. The molecule has 1 aromatic carbocycles. The SMILES string of the molecule is Cn1ccnc1CNc1ccccc1C(N)=O. The van der Waals surface area contributed by atoms with Crippen molar-refractivity contribution in [3.8, 4) is 0 Å². The van der Waals surface area contributed by atoms with Crippen LogP contribution in [0.1, 0.15) is 16.2 Å². The van der Waals surface area contributed by atoms with Crippen molar-refractivity contribution in [1.82, 2.24) is 9.55 Å². The highest BCUT2D eigenvalue weighted by molar-refractivity contribution is 5.98. The molecule has 0 atom stereocenters. The Kier molecular flexibility index (Phi) is 3.09. The first kappa shape index (κ1) is 11.2. The van der Waals surface area contributed by atoms with Crippen LogP contribution in [0.25, 0.3) is 0 Å². The monoisotopic (exact) mass is 230 g/mol. The van der Waals surface area contributed by atoms with Crippen molar-refractivity contribution in [2.24, 2.45) is 12.8 Å². The van der Waals surface area contributed by atoms with E-state index in [1.807, 2.05) is 29.9 Å². The number of benzene rings is 1. The number of nitrogens with zero attached hydrogens (tertiary/aromatic N) is 2. The molecule has 0 spiro atoms. The molecule has 1 amide bonds. The minimum Gasteiger partial charge on any atom is -0.377 e. The molecule has 2 rings (SSSR count). The number of aromatic nitrogens is 2. The zero-order valence-corrected chi connectivity index (χ0v) is 9.55. The fourth-order valence-corrected chi connectivity index (χ4v) is 1.59. The second kappa shape index (κ2) is 4.69. The summed E-state index contributed by atoms with van der Waals surface area (Å²) in [7, 11) is 1.92. The molecule has 0 fully saturated rings. The summed E-state index contributed by atoms with van der Waals surface area (Å²) in [5, 5.41) is 3.15. The van der Waals surface area contributed by atoms with E-state index in [9.17, 15) is 4.79 Å². The molecule has 0 radical (unpaired) electrons. The van der Waals surface area contributed by atoms with Gasteiger partial charge in [-0.1, -0.05) is 12.1 Å². The summed E-state index contributed by atoms with van der Waals surface area (Å²) in [5.74, 6) is 0.456. The van der Waals surface area contributed by atoms with Gasteiger partial charge >= 0.3 is 0 Å². The zero-order chi connectivity index (χ0) is 12.3. The Morgan fingerprint density at radius 1 is 1.47 bits per heavy atom. The number of nitrogens with two attached hydrogens (primary N) is 1. The van der Waals surface area contributed by atoms with Gasteiger partial charge in [-0.15, -0.1) is 0 Å². The van der Waals surface area contributed by atoms with Crippen LogP contribution in [0.5, 0.6) is 0 Å². The third kappa shape index (κ3) is 2.44. The van der Waals surface area contributed by atoms with Crippen molar-refractivity contribution in [3.63, 3.8) is 0 Å². The van der Waals surface area contributed by atoms with E-state index >= 15 is 0 Å². The number of primary amides is 1. The Morgan fingerprint density at radius 2 is 2.24 bits per heavy atom. The van der Waals surface area contributed by atoms with Crippen molar-refractivity contribution < 1.29 is 4.79 Å². The van der Waals surface area contributed by atoms with Crippen LogP contribution in [0.15, 0.2) is 36.7 Å². The van der Waals surface area contributed by atoms with Crippen molar-refractivity contribution in [2.45, 2.75) is 6.54 Å². The number of amides is 1. The number of para-hydroxylation sites is 1. The first-order valence-corrected chi connectivity index (χ1v) is 5.27. The number of imidazole rings is 1. The number of carbonyl (C=O) groups is 1. The first-order chi connectivity index (χ1) is 8.18. The molecule has 0 saturated heterocycles. The smallest absolute Gasteiger partial charge is 0.250 e. The van der Waals surface area contributed by atoms with Gasteiger partial charge in [0.15, 0.2) is 0 Å². The fraction of sp³-hybridized carbons (Fsp3) is 0.167. The van der Waals surface area contributed by atoms with E-state index in [0.717, 1.165) is 11.5 Å². The van der Waals surface area contributed by atoms with E-state index in [4.69, 9.17) is 5.73 Å². The maximum atomic E-state index is 11.2. The number of anilines is 1. The molecule has 0 saturated carbocycles. The summed E-state index contributed by atoms with van der Waals surface area (Å²) in [6.45, 7) is 0.549. The fourth-order valence-electron chi connectivity index (χ4n) is 1.59. The summed E-state index contributed by atoms with van der Waals surface area (Å²) in [4.78, 5) is 15.4. The highest BCUT2D eigenvalue weighted by Gasteiger charge is 2.07. The van der Waals surface area contributed by atoms with Crippen LogP contribution in [0, 0.1) is 0 Å². The third-order valence-electron chi connectivity index (χ3n) is 2.55. The molecule has 2 aromatic rings. The second-order valence-corrected chi connectivity index (χ2v) is 3.72. The van der Waals surface area contributed by atoms with Crippen LogP contribution in [-0.4, -0.2) is 15.5 Å². The highest BCUT2D eigenvalue weighted by atomic mass is 16.1. The van der Waals surface area contributed by atoms with Crippen LogP contribution >= 0.6 is 0 Å². The molecule has 0 aliphatic rings. The number of hydrogen-bond acceptors (Lipinski definition) is 3. The number of rotatable bonds is 4. The topological polar surface area (TPSA) is 72.9 Å². The van der Waals surface area contributed by atoms with Crippen molar-refractivity contribution in [1.29, 1.82) is 0 Å². The summed E-state index contributed by atoms with van der Waals surface area (Å²) in [5.41, 5.74) is 6.51. The van der Waals surface area contributed by atoms with E-state index in [2.05, 4.69) is 10.3 Å². The molecule has 5 heteroatoms. The Hall–Kier alpha value is -2.30. The van der Waals surface area contributed by atoms with E-state index in [1.54, 1.807) is 18.3 Å². The summed E-state index contributed by atoms with van der Waals surface area (Å²) in [6.07, 6.45) is 3.61. The molecule has 0 bridgehead atoms. The highest BCUT2D eigenvalue weighted by Crippen LogP contribution is 2.14. The third-order valence-corrected chi connectivity index (χ3v) is 2.55. The summed E-state index contributed by atoms with van der Waals surface area (Å²) in [6, 6.07) is 7.16. The van der Waals surface area contributed by atoms with E-state index in [0.29, 0.717) is 12.1 Å².